The molecule has 0 saturated carbocycles. The van der Waals surface area contributed by atoms with E-state index in [4.69, 9.17) is 5.26 Å². The summed E-state index contributed by atoms with van der Waals surface area (Å²) in [4.78, 5) is 32.5. The molecule has 1 heterocycles. The molecule has 0 spiro atoms. The highest BCUT2D eigenvalue weighted by molar-refractivity contribution is 5.95. The molecule has 0 aliphatic heterocycles. The Bertz CT molecular complexity index is 1110. The molecule has 0 unspecified atom stereocenters. The minimum atomic E-state index is -2.37. The number of Topliss-reactive ketones (excluding diaryl/α,β-unsaturated/α-hetero) is 1. The molecule has 31 heavy (non-hydrogen) atoms. The highest BCUT2D eigenvalue weighted by Gasteiger charge is 2.24. The summed E-state index contributed by atoms with van der Waals surface area (Å²) in [5.74, 6) is -2.95. The van der Waals surface area contributed by atoms with E-state index in [1.54, 1.807) is 12.1 Å². The van der Waals surface area contributed by atoms with Crippen LogP contribution in [-0.2, 0) is 17.9 Å². The summed E-state index contributed by atoms with van der Waals surface area (Å²) in [7, 11) is 0. The van der Waals surface area contributed by atoms with Crippen molar-refractivity contribution >= 4 is 11.7 Å². The number of hydrogen-bond donors (Lipinski definition) is 6. The normalized spacial score (nSPS) is 10.8. The zero-order chi connectivity index (χ0) is 22.5. The first kappa shape index (κ1) is 21.7. The predicted octanol–water partition coefficient (Wildman–Crippen LogP) is 0.0179. The Labute approximate surface area is 174 Å². The lowest BCUT2D eigenvalue weighted by Crippen LogP contribution is -2.31. The molecule has 0 fully saturated rings. The summed E-state index contributed by atoms with van der Waals surface area (Å²) in [5, 5.41) is 52.8. The number of nitrogens with one attached hydrogen (secondary N) is 1. The van der Waals surface area contributed by atoms with Crippen LogP contribution in [0.25, 0.3) is 11.4 Å². The van der Waals surface area contributed by atoms with Crippen LogP contribution in [0.15, 0.2) is 42.5 Å². The monoisotopic (exact) mass is 430 g/mol. The van der Waals surface area contributed by atoms with Crippen molar-refractivity contribution in [3.05, 3.63) is 53.9 Å². The average molecular weight is 430 g/mol. The van der Waals surface area contributed by atoms with E-state index in [2.05, 4.69) is 20.3 Å². The number of aromatic hydroxyl groups is 2. The molecule has 12 nitrogen and oxygen atoms in total. The van der Waals surface area contributed by atoms with Gasteiger partial charge in [0.25, 0.3) is 5.78 Å². The van der Waals surface area contributed by atoms with Crippen LogP contribution in [0.2, 0.25) is 0 Å². The molecule has 3 aromatic rings. The van der Waals surface area contributed by atoms with E-state index >= 15 is 0 Å². The van der Waals surface area contributed by atoms with Crippen molar-refractivity contribution in [1.29, 1.82) is 0 Å². The lowest BCUT2D eigenvalue weighted by Gasteiger charge is -2.08. The van der Waals surface area contributed by atoms with Crippen LogP contribution in [0.4, 0.5) is 0 Å². The molecule has 162 valence electrons. The second-order valence-corrected chi connectivity index (χ2v) is 6.37. The van der Waals surface area contributed by atoms with E-state index in [-0.39, 0.29) is 29.4 Å². The molecule has 0 atom stereocenters. The Balaban J connectivity index is 1.81. The van der Waals surface area contributed by atoms with Crippen molar-refractivity contribution in [3.8, 4) is 28.6 Å². The van der Waals surface area contributed by atoms with Gasteiger partial charge in [0.2, 0.25) is 18.0 Å². The summed E-state index contributed by atoms with van der Waals surface area (Å²) in [6.45, 7) is -0.392. The number of aromatic nitrogens is 3. The van der Waals surface area contributed by atoms with Crippen molar-refractivity contribution in [1.82, 2.24) is 20.1 Å². The topological polar surface area (TPSA) is 187 Å². The van der Waals surface area contributed by atoms with E-state index in [9.17, 15) is 30.0 Å². The van der Waals surface area contributed by atoms with E-state index in [0.29, 0.717) is 5.56 Å². The molecule has 2 aromatic carbocycles. The molecule has 1 amide bonds. The standard InChI is InChI=1S/C19H18N4O8/c24-13-5-4-11(7-14(13)25)17-21-18(16(27)19(28)29)23(22-17)9-15(26)20-8-10-2-1-3-12(6-10)31-30/h1-7,19,24-25,28-30H,8-9H2,(H,20,26). The number of phenols is 2. The quantitative estimate of drug-likeness (QED) is 0.0934. The van der Waals surface area contributed by atoms with E-state index in [1.807, 2.05) is 0 Å². The van der Waals surface area contributed by atoms with Crippen LogP contribution < -0.4 is 10.2 Å². The van der Waals surface area contributed by atoms with Crippen molar-refractivity contribution < 1.29 is 40.2 Å². The van der Waals surface area contributed by atoms with Crippen molar-refractivity contribution in [3.63, 3.8) is 0 Å². The number of amides is 1. The van der Waals surface area contributed by atoms with Gasteiger partial charge in [0.1, 0.15) is 6.54 Å². The van der Waals surface area contributed by atoms with Gasteiger partial charge in [-0.05, 0) is 35.9 Å². The summed E-state index contributed by atoms with van der Waals surface area (Å²) >= 11 is 0. The molecule has 0 radical (unpaired) electrons. The Kier molecular flexibility index (Phi) is 6.45. The number of carbonyl (C=O) groups is 2. The molecule has 0 saturated heterocycles. The third kappa shape index (κ3) is 5.14. The third-order valence-electron chi connectivity index (χ3n) is 4.15. The maximum absolute atomic E-state index is 12.3. The second kappa shape index (κ2) is 9.21. The number of aliphatic hydroxyl groups excluding tert-OH is 1. The van der Waals surface area contributed by atoms with Gasteiger partial charge in [0.05, 0.1) is 0 Å². The number of ketones is 1. The molecule has 0 aliphatic carbocycles. The van der Waals surface area contributed by atoms with Gasteiger partial charge in [-0.1, -0.05) is 12.1 Å². The maximum atomic E-state index is 12.3. The van der Waals surface area contributed by atoms with E-state index in [0.717, 1.165) is 10.7 Å². The van der Waals surface area contributed by atoms with Crippen LogP contribution in [0, 0.1) is 0 Å². The molecular formula is C19H18N4O8. The number of carbonyl (C=O) groups excluding carboxylic acids is 2. The van der Waals surface area contributed by atoms with Gasteiger partial charge in [0.15, 0.2) is 23.1 Å². The Morgan fingerprint density at radius 1 is 1.10 bits per heavy atom. The second-order valence-electron chi connectivity index (χ2n) is 6.37. The van der Waals surface area contributed by atoms with Gasteiger partial charge in [-0.2, -0.15) is 0 Å². The zero-order valence-corrected chi connectivity index (χ0v) is 15.8. The van der Waals surface area contributed by atoms with E-state index in [1.165, 1.54) is 24.3 Å². The van der Waals surface area contributed by atoms with E-state index < -0.39 is 36.1 Å². The summed E-state index contributed by atoms with van der Waals surface area (Å²) < 4.78 is 0.892. The highest BCUT2D eigenvalue weighted by atomic mass is 17.1. The van der Waals surface area contributed by atoms with Crippen molar-refractivity contribution in [2.75, 3.05) is 0 Å². The number of aliphatic hydroxyl groups is 2. The lowest BCUT2D eigenvalue weighted by atomic mass is 10.2. The fourth-order valence-electron chi connectivity index (χ4n) is 2.64. The first-order valence-electron chi connectivity index (χ1n) is 8.83. The number of phenolic OH excluding ortho intramolecular Hbond substituents is 2. The van der Waals surface area contributed by atoms with Crippen molar-refractivity contribution in [2.45, 2.75) is 19.4 Å². The van der Waals surface area contributed by atoms with Crippen LogP contribution >= 0.6 is 0 Å². The molecule has 3 rings (SSSR count). The Morgan fingerprint density at radius 3 is 2.55 bits per heavy atom. The maximum Gasteiger partial charge on any atom is 0.255 e. The van der Waals surface area contributed by atoms with Crippen LogP contribution in [-0.4, -0.2) is 58.4 Å². The van der Waals surface area contributed by atoms with Gasteiger partial charge < -0.3 is 30.6 Å². The van der Waals surface area contributed by atoms with Gasteiger partial charge >= 0.3 is 0 Å². The lowest BCUT2D eigenvalue weighted by molar-refractivity contribution is -0.137. The van der Waals surface area contributed by atoms with Gasteiger partial charge in [0, 0.05) is 12.1 Å². The van der Waals surface area contributed by atoms with Gasteiger partial charge in [-0.3, -0.25) is 9.59 Å². The van der Waals surface area contributed by atoms with Crippen LogP contribution in [0.5, 0.6) is 17.2 Å². The first-order valence-corrected chi connectivity index (χ1v) is 8.83. The smallest absolute Gasteiger partial charge is 0.255 e. The van der Waals surface area contributed by atoms with Crippen LogP contribution in [0.3, 0.4) is 0 Å². The number of benzene rings is 2. The molecular weight excluding hydrogens is 412 g/mol. The first-order chi connectivity index (χ1) is 14.8. The predicted molar refractivity (Wildman–Crippen MR) is 103 cm³/mol. The molecule has 0 aliphatic rings. The summed E-state index contributed by atoms with van der Waals surface area (Å²) in [5.41, 5.74) is 0.845. The zero-order valence-electron chi connectivity index (χ0n) is 15.8. The average Bonchev–Trinajstić information content (AvgIpc) is 3.17. The Hall–Kier alpha value is -4.00. The summed E-state index contributed by atoms with van der Waals surface area (Å²) in [6.07, 6.45) is -2.37. The number of nitrogens with zero attached hydrogens (tertiary/aromatic N) is 3. The van der Waals surface area contributed by atoms with Gasteiger partial charge in [-0.15, -0.1) is 5.10 Å². The summed E-state index contributed by atoms with van der Waals surface area (Å²) in [6, 6.07) is 10.0. The highest BCUT2D eigenvalue weighted by Crippen LogP contribution is 2.29. The molecule has 6 N–H and O–H groups in total. The van der Waals surface area contributed by atoms with Crippen LogP contribution in [0.1, 0.15) is 16.2 Å². The minimum Gasteiger partial charge on any atom is -0.504 e. The SMILES string of the molecule is O=C(Cn1nc(-c2ccc(O)c(O)c2)nc1C(=O)C(O)O)NCc1cccc(OO)c1. The fourth-order valence-corrected chi connectivity index (χ4v) is 2.64. The third-order valence-corrected chi connectivity index (χ3v) is 4.15. The minimum absolute atomic E-state index is 0.0787. The fraction of sp³-hybridized carbons (Fsp3) is 0.158. The largest absolute Gasteiger partial charge is 0.504 e. The molecule has 12 heteroatoms. The number of hydrogen-bond acceptors (Lipinski definition) is 10. The Morgan fingerprint density at radius 2 is 1.87 bits per heavy atom. The molecule has 1 aromatic heterocycles. The van der Waals surface area contributed by atoms with Gasteiger partial charge in [-0.25, -0.2) is 14.9 Å². The molecule has 0 bridgehead atoms. The van der Waals surface area contributed by atoms with Crippen molar-refractivity contribution in [2.24, 2.45) is 0 Å². The number of rotatable bonds is 8.